The van der Waals surface area contributed by atoms with Crippen LogP contribution in [0.15, 0.2) is 24.3 Å². The van der Waals surface area contributed by atoms with E-state index in [1.165, 1.54) is 5.69 Å². The summed E-state index contributed by atoms with van der Waals surface area (Å²) < 4.78 is 5.28. The van der Waals surface area contributed by atoms with Crippen LogP contribution in [0.5, 0.6) is 5.75 Å². The van der Waals surface area contributed by atoms with Gasteiger partial charge >= 0.3 is 0 Å². The molecular formula is C17H27Cl2N3O2. The lowest BCUT2D eigenvalue weighted by molar-refractivity contribution is -0.132. The molecule has 2 aliphatic rings. The second-order valence-corrected chi connectivity index (χ2v) is 6.13. The summed E-state index contributed by atoms with van der Waals surface area (Å²) in [5.74, 6) is 1.73. The van der Waals surface area contributed by atoms with Crippen LogP contribution < -0.4 is 15.0 Å². The molecule has 24 heavy (non-hydrogen) atoms. The van der Waals surface area contributed by atoms with Gasteiger partial charge in [0.15, 0.2) is 0 Å². The van der Waals surface area contributed by atoms with E-state index < -0.39 is 0 Å². The number of ether oxygens (including phenoxy) is 1. The van der Waals surface area contributed by atoms with Gasteiger partial charge in [0.25, 0.3) is 0 Å². The molecule has 1 N–H and O–H groups in total. The molecule has 1 unspecified atom stereocenters. The van der Waals surface area contributed by atoms with E-state index in [0.717, 1.165) is 51.4 Å². The number of benzene rings is 1. The van der Waals surface area contributed by atoms with Gasteiger partial charge in [0.05, 0.1) is 7.11 Å². The van der Waals surface area contributed by atoms with Gasteiger partial charge in [0.2, 0.25) is 5.91 Å². The standard InChI is InChI=1S/C17H25N3O2.2ClH/c1-22-16-4-2-3-15(12-16)19-7-9-20(10-8-19)17(21)11-14-5-6-18-13-14;;/h2-4,12,14,18H,5-11,13H2,1H3;2*1H. The van der Waals surface area contributed by atoms with E-state index >= 15 is 0 Å². The van der Waals surface area contributed by atoms with Gasteiger partial charge in [-0.2, -0.15) is 0 Å². The minimum atomic E-state index is 0. The van der Waals surface area contributed by atoms with Crippen molar-refractivity contribution in [3.8, 4) is 5.75 Å². The van der Waals surface area contributed by atoms with Crippen molar-refractivity contribution in [3.05, 3.63) is 24.3 Å². The van der Waals surface area contributed by atoms with E-state index in [4.69, 9.17) is 4.74 Å². The van der Waals surface area contributed by atoms with Crippen LogP contribution >= 0.6 is 24.8 Å². The van der Waals surface area contributed by atoms with Crippen LogP contribution in [0.4, 0.5) is 5.69 Å². The fourth-order valence-electron chi connectivity index (χ4n) is 3.29. The molecule has 7 heteroatoms. The number of methoxy groups -OCH3 is 1. The van der Waals surface area contributed by atoms with Crippen LogP contribution in [0.25, 0.3) is 0 Å². The van der Waals surface area contributed by atoms with Gasteiger partial charge in [0.1, 0.15) is 5.75 Å². The van der Waals surface area contributed by atoms with E-state index in [-0.39, 0.29) is 24.8 Å². The predicted octanol–water partition coefficient (Wildman–Crippen LogP) is 2.19. The summed E-state index contributed by atoms with van der Waals surface area (Å²) in [5.41, 5.74) is 1.17. The SMILES string of the molecule is COc1cccc(N2CCN(C(=O)CC3CCNC3)CC2)c1.Cl.Cl. The Bertz CT molecular complexity index is 516. The Morgan fingerprint density at radius 1 is 1.25 bits per heavy atom. The Kier molecular flexibility index (Phi) is 8.67. The first-order valence-corrected chi connectivity index (χ1v) is 8.14. The summed E-state index contributed by atoms with van der Waals surface area (Å²) in [7, 11) is 1.69. The Hall–Kier alpha value is -1.17. The molecule has 0 spiro atoms. The number of piperazine rings is 1. The summed E-state index contributed by atoms with van der Waals surface area (Å²) in [6, 6.07) is 8.13. The van der Waals surface area contributed by atoms with Crippen molar-refractivity contribution >= 4 is 36.4 Å². The molecule has 5 nitrogen and oxygen atoms in total. The lowest BCUT2D eigenvalue weighted by Crippen LogP contribution is -2.49. The Morgan fingerprint density at radius 3 is 2.62 bits per heavy atom. The van der Waals surface area contributed by atoms with Gasteiger partial charge in [-0.25, -0.2) is 0 Å². The number of amides is 1. The number of hydrogen-bond acceptors (Lipinski definition) is 4. The lowest BCUT2D eigenvalue weighted by Gasteiger charge is -2.36. The van der Waals surface area contributed by atoms with E-state index in [1.54, 1.807) is 7.11 Å². The van der Waals surface area contributed by atoms with Crippen LogP contribution in [0, 0.1) is 5.92 Å². The Morgan fingerprint density at radius 2 is 2.00 bits per heavy atom. The maximum absolute atomic E-state index is 12.4. The van der Waals surface area contributed by atoms with Crippen LogP contribution in [0.3, 0.4) is 0 Å². The lowest BCUT2D eigenvalue weighted by atomic mass is 10.0. The van der Waals surface area contributed by atoms with Crippen molar-refractivity contribution in [3.63, 3.8) is 0 Å². The fraction of sp³-hybridized carbons (Fsp3) is 0.588. The molecule has 2 saturated heterocycles. The molecule has 0 aromatic heterocycles. The average molecular weight is 376 g/mol. The molecule has 3 rings (SSSR count). The molecule has 136 valence electrons. The van der Waals surface area contributed by atoms with Crippen LogP contribution in [-0.2, 0) is 4.79 Å². The van der Waals surface area contributed by atoms with Crippen molar-refractivity contribution in [1.29, 1.82) is 0 Å². The number of halogens is 2. The van der Waals surface area contributed by atoms with Gasteiger partial charge in [-0.05, 0) is 37.6 Å². The third-order valence-corrected chi connectivity index (χ3v) is 4.68. The van der Waals surface area contributed by atoms with E-state index in [2.05, 4.69) is 22.3 Å². The second-order valence-electron chi connectivity index (χ2n) is 6.13. The highest BCUT2D eigenvalue weighted by molar-refractivity contribution is 5.85. The molecule has 0 bridgehead atoms. The van der Waals surface area contributed by atoms with Gasteiger partial charge in [-0.3, -0.25) is 4.79 Å². The zero-order valence-corrected chi connectivity index (χ0v) is 15.7. The smallest absolute Gasteiger partial charge is 0.223 e. The highest BCUT2D eigenvalue weighted by Gasteiger charge is 2.25. The number of carbonyl (C=O) groups is 1. The van der Waals surface area contributed by atoms with Crippen molar-refractivity contribution < 1.29 is 9.53 Å². The first-order chi connectivity index (χ1) is 10.8. The molecule has 1 aromatic carbocycles. The highest BCUT2D eigenvalue weighted by Crippen LogP contribution is 2.22. The Balaban J connectivity index is 0.00000144. The normalized spacial score (nSPS) is 20.1. The third kappa shape index (κ3) is 5.16. The maximum atomic E-state index is 12.4. The van der Waals surface area contributed by atoms with Crippen molar-refractivity contribution in [2.24, 2.45) is 5.92 Å². The number of carbonyl (C=O) groups excluding carboxylic acids is 1. The molecule has 1 aromatic rings. The summed E-state index contributed by atoms with van der Waals surface area (Å²) in [6.45, 7) is 5.47. The summed E-state index contributed by atoms with van der Waals surface area (Å²) in [5, 5.41) is 3.33. The molecule has 2 fully saturated rings. The second kappa shape index (κ2) is 9.97. The molecule has 0 aliphatic carbocycles. The largest absolute Gasteiger partial charge is 0.497 e. The molecule has 1 amide bonds. The third-order valence-electron chi connectivity index (χ3n) is 4.68. The summed E-state index contributed by atoms with van der Waals surface area (Å²) in [6.07, 6.45) is 1.83. The Labute approximate surface area is 156 Å². The van der Waals surface area contributed by atoms with Crippen molar-refractivity contribution in [2.45, 2.75) is 12.8 Å². The average Bonchev–Trinajstić information content (AvgIpc) is 3.08. The molecule has 1 atom stereocenters. The maximum Gasteiger partial charge on any atom is 0.223 e. The zero-order chi connectivity index (χ0) is 15.4. The number of nitrogens with zero attached hydrogens (tertiary/aromatic N) is 2. The predicted molar refractivity (Wildman–Crippen MR) is 102 cm³/mol. The van der Waals surface area contributed by atoms with Gasteiger partial charge in [0, 0.05) is 44.4 Å². The molecule has 0 saturated carbocycles. The van der Waals surface area contributed by atoms with E-state index in [1.807, 2.05) is 17.0 Å². The zero-order valence-electron chi connectivity index (χ0n) is 14.1. The van der Waals surface area contributed by atoms with E-state index in [9.17, 15) is 4.79 Å². The molecule has 0 radical (unpaired) electrons. The minimum Gasteiger partial charge on any atom is -0.497 e. The monoisotopic (exact) mass is 375 g/mol. The topological polar surface area (TPSA) is 44.8 Å². The quantitative estimate of drug-likeness (QED) is 0.875. The first kappa shape index (κ1) is 20.9. The van der Waals surface area contributed by atoms with Crippen LogP contribution in [-0.4, -0.2) is 57.2 Å². The number of hydrogen-bond donors (Lipinski definition) is 1. The van der Waals surface area contributed by atoms with Crippen LogP contribution in [0.1, 0.15) is 12.8 Å². The van der Waals surface area contributed by atoms with Crippen molar-refractivity contribution in [2.75, 3.05) is 51.3 Å². The van der Waals surface area contributed by atoms with Gasteiger partial charge in [-0.1, -0.05) is 6.07 Å². The molecule has 2 aliphatic heterocycles. The van der Waals surface area contributed by atoms with Crippen LogP contribution in [0.2, 0.25) is 0 Å². The van der Waals surface area contributed by atoms with Crippen molar-refractivity contribution in [1.82, 2.24) is 10.2 Å². The molecule has 2 heterocycles. The summed E-state index contributed by atoms with van der Waals surface area (Å²) >= 11 is 0. The fourth-order valence-corrected chi connectivity index (χ4v) is 3.29. The first-order valence-electron chi connectivity index (χ1n) is 8.14. The molecular weight excluding hydrogens is 349 g/mol. The highest BCUT2D eigenvalue weighted by atomic mass is 35.5. The minimum absolute atomic E-state index is 0. The number of anilines is 1. The summed E-state index contributed by atoms with van der Waals surface area (Å²) in [4.78, 5) is 16.7. The van der Waals surface area contributed by atoms with E-state index in [0.29, 0.717) is 18.2 Å². The van der Waals surface area contributed by atoms with Gasteiger partial charge in [-0.15, -0.1) is 24.8 Å². The number of nitrogens with one attached hydrogen (secondary N) is 1. The van der Waals surface area contributed by atoms with Gasteiger partial charge < -0.3 is 19.9 Å². The number of rotatable bonds is 4.